The SMILES string of the molecule is COC(=O)C(=O)c1c2n(c3ccccc13)C(=O)[C@@]1(S2)C2c3ccccc3CCN2[C@@]2(C(=O)Nc3ccccc32)[C@@H]1C(=O)OC. The summed E-state index contributed by atoms with van der Waals surface area (Å²) < 4.78 is 10.0. The van der Waals surface area contributed by atoms with Crippen molar-refractivity contribution >= 4 is 57.9 Å². The number of rotatable bonds is 3. The van der Waals surface area contributed by atoms with E-state index in [9.17, 15) is 19.2 Å². The van der Waals surface area contributed by atoms with Crippen molar-refractivity contribution in [3.63, 3.8) is 0 Å². The topological polar surface area (TPSA) is 124 Å². The molecule has 10 nitrogen and oxygen atoms in total. The number of hydrogen-bond acceptors (Lipinski definition) is 9. The molecule has 2 spiro atoms. The molecule has 1 aromatic heterocycles. The minimum atomic E-state index is -1.65. The van der Waals surface area contributed by atoms with Crippen molar-refractivity contribution in [2.75, 3.05) is 26.1 Å². The minimum absolute atomic E-state index is 0.0270. The van der Waals surface area contributed by atoms with Crippen molar-refractivity contribution in [3.05, 3.63) is 95.1 Å². The molecule has 44 heavy (non-hydrogen) atoms. The lowest BCUT2D eigenvalue weighted by atomic mass is 9.73. The van der Waals surface area contributed by atoms with Gasteiger partial charge in [-0.3, -0.25) is 28.6 Å². The summed E-state index contributed by atoms with van der Waals surface area (Å²) in [6.45, 7) is 0.385. The molecule has 1 saturated heterocycles. The summed E-state index contributed by atoms with van der Waals surface area (Å²) in [5.41, 5.74) is 1.82. The molecule has 1 unspecified atom stereocenters. The number of carbonyl (C=O) groups is 5. The summed E-state index contributed by atoms with van der Waals surface area (Å²) in [7, 11) is 2.37. The van der Waals surface area contributed by atoms with Crippen LogP contribution in [0.1, 0.15) is 37.9 Å². The van der Waals surface area contributed by atoms with E-state index in [0.29, 0.717) is 35.1 Å². The molecule has 1 N–H and O–H groups in total. The monoisotopic (exact) mass is 607 g/mol. The maximum atomic E-state index is 15.3. The van der Waals surface area contributed by atoms with Gasteiger partial charge in [0.05, 0.1) is 36.4 Å². The van der Waals surface area contributed by atoms with Crippen LogP contribution in [0.3, 0.4) is 0 Å². The zero-order chi connectivity index (χ0) is 30.5. The second-order valence-electron chi connectivity index (χ2n) is 11.3. The molecule has 4 aliphatic heterocycles. The Kier molecular flexibility index (Phi) is 5.57. The van der Waals surface area contributed by atoms with Gasteiger partial charge in [0.25, 0.3) is 17.6 Å². The maximum Gasteiger partial charge on any atom is 0.379 e. The third-order valence-corrected chi connectivity index (χ3v) is 11.1. The normalized spacial score (nSPS) is 26.3. The number of para-hydroxylation sites is 2. The summed E-state index contributed by atoms with van der Waals surface area (Å²) >= 11 is 1.06. The number of hydrogen-bond donors (Lipinski definition) is 1. The molecule has 4 aromatic rings. The zero-order valence-corrected chi connectivity index (χ0v) is 24.5. The second kappa shape index (κ2) is 9.13. The molecule has 11 heteroatoms. The Morgan fingerprint density at radius 3 is 2.45 bits per heavy atom. The van der Waals surface area contributed by atoms with E-state index < -0.39 is 51.8 Å². The van der Waals surface area contributed by atoms with Crippen molar-refractivity contribution in [2.45, 2.75) is 27.8 Å². The number of carbonyl (C=O) groups excluding carboxylic acids is 5. The third-order valence-electron chi connectivity index (χ3n) is 9.59. The first-order chi connectivity index (χ1) is 21.3. The fourth-order valence-electron chi connectivity index (χ4n) is 8.01. The van der Waals surface area contributed by atoms with Crippen LogP contribution in [0.25, 0.3) is 10.9 Å². The summed E-state index contributed by atoms with van der Waals surface area (Å²) in [5.74, 6) is -4.90. The average molecular weight is 608 g/mol. The molecule has 4 aliphatic rings. The molecular weight excluding hydrogens is 582 g/mol. The van der Waals surface area contributed by atoms with Gasteiger partial charge in [-0.15, -0.1) is 0 Å². The van der Waals surface area contributed by atoms with Gasteiger partial charge in [-0.2, -0.15) is 0 Å². The van der Waals surface area contributed by atoms with E-state index in [2.05, 4.69) is 5.32 Å². The lowest BCUT2D eigenvalue weighted by molar-refractivity contribution is -0.153. The number of methoxy groups -OCH3 is 2. The highest BCUT2D eigenvalue weighted by Gasteiger charge is 2.80. The predicted octanol–water partition coefficient (Wildman–Crippen LogP) is 3.73. The molecule has 3 aromatic carbocycles. The molecular formula is C33H25N3O7S. The second-order valence-corrected chi connectivity index (χ2v) is 12.6. The van der Waals surface area contributed by atoms with Gasteiger partial charge < -0.3 is 14.8 Å². The van der Waals surface area contributed by atoms with Crippen molar-refractivity contribution < 1.29 is 33.4 Å². The fraction of sp³-hybridized carbons (Fsp3) is 0.242. The molecule has 5 heterocycles. The van der Waals surface area contributed by atoms with Gasteiger partial charge >= 0.3 is 11.9 Å². The Balaban J connectivity index is 1.48. The van der Waals surface area contributed by atoms with Gasteiger partial charge in [0.1, 0.15) is 16.2 Å². The number of Topliss-reactive ketones (excluding diaryl/α,β-unsaturated/α-hetero) is 1. The molecule has 0 aliphatic carbocycles. The van der Waals surface area contributed by atoms with Crippen LogP contribution in [0.2, 0.25) is 0 Å². The highest BCUT2D eigenvalue weighted by molar-refractivity contribution is 8.02. The first-order valence-electron chi connectivity index (χ1n) is 14.2. The van der Waals surface area contributed by atoms with Crippen molar-refractivity contribution in [1.82, 2.24) is 9.47 Å². The quantitative estimate of drug-likeness (QED) is 0.211. The van der Waals surface area contributed by atoms with Crippen LogP contribution < -0.4 is 5.32 Å². The van der Waals surface area contributed by atoms with E-state index in [1.165, 1.54) is 11.7 Å². The third kappa shape index (κ3) is 2.98. The number of benzene rings is 3. The number of nitrogens with one attached hydrogen (secondary N) is 1. The van der Waals surface area contributed by atoms with Gasteiger partial charge in [-0.1, -0.05) is 72.4 Å². The van der Waals surface area contributed by atoms with Gasteiger partial charge in [-0.05, 0) is 29.7 Å². The first kappa shape index (κ1) is 26.9. The molecule has 0 radical (unpaired) electrons. The Labute approximate surface area is 255 Å². The van der Waals surface area contributed by atoms with E-state index in [1.54, 1.807) is 42.5 Å². The molecule has 0 saturated carbocycles. The van der Waals surface area contributed by atoms with Crippen LogP contribution in [0.5, 0.6) is 0 Å². The largest absolute Gasteiger partial charge is 0.469 e. The minimum Gasteiger partial charge on any atom is -0.469 e. The van der Waals surface area contributed by atoms with E-state index in [-0.39, 0.29) is 10.6 Å². The summed E-state index contributed by atoms with van der Waals surface area (Å²) in [4.78, 5) is 72.2. The number of ketones is 1. The van der Waals surface area contributed by atoms with Gasteiger partial charge in [0.2, 0.25) is 0 Å². The van der Waals surface area contributed by atoms with Gasteiger partial charge in [0, 0.05) is 23.2 Å². The standard InChI is InChI=1S/C33H25N3O7S/c1-42-28(38)24(37)23-19-11-5-8-14-22(19)36-27(23)44-33(31(36)41)25(29(39)43-2)32(20-12-6-7-13-21(20)34-30(32)40)35-16-15-17-9-3-4-10-18(17)26(33)35/h3-14,25-26H,15-16H2,1-2H3,(H,34,40)/t25-,26?,32+,33-/m0/s1. The summed E-state index contributed by atoms with van der Waals surface area (Å²) in [6, 6.07) is 21.0. The lowest BCUT2D eigenvalue weighted by Gasteiger charge is -2.41. The number of nitrogens with zero attached hydrogens (tertiary/aromatic N) is 2. The maximum absolute atomic E-state index is 15.3. The molecule has 8 rings (SSSR count). The van der Waals surface area contributed by atoms with Gasteiger partial charge in [-0.25, -0.2) is 4.79 Å². The lowest BCUT2D eigenvalue weighted by Crippen LogP contribution is -2.56. The van der Waals surface area contributed by atoms with Crippen molar-refractivity contribution in [1.29, 1.82) is 0 Å². The average Bonchev–Trinajstić information content (AvgIpc) is 3.72. The number of esters is 2. The number of fused-ring (bicyclic) bond motifs is 10. The Bertz CT molecular complexity index is 2000. The highest BCUT2D eigenvalue weighted by Crippen LogP contribution is 2.70. The van der Waals surface area contributed by atoms with Crippen molar-refractivity contribution in [2.24, 2.45) is 5.92 Å². The number of ether oxygens (including phenoxy) is 2. The zero-order valence-electron chi connectivity index (χ0n) is 23.7. The smallest absolute Gasteiger partial charge is 0.379 e. The molecule has 0 bridgehead atoms. The van der Waals surface area contributed by atoms with Crippen LogP contribution in [-0.4, -0.2) is 64.5 Å². The molecule has 4 atom stereocenters. The van der Waals surface area contributed by atoms with Crippen LogP contribution in [0, 0.1) is 5.92 Å². The number of thioether (sulfide) groups is 1. The molecule has 220 valence electrons. The summed E-state index contributed by atoms with van der Waals surface area (Å²) in [5, 5.41) is 3.63. The van der Waals surface area contributed by atoms with E-state index >= 15 is 4.79 Å². The molecule has 1 amide bonds. The van der Waals surface area contributed by atoms with E-state index in [4.69, 9.17) is 9.47 Å². The van der Waals surface area contributed by atoms with Crippen LogP contribution in [-0.2, 0) is 35.8 Å². The number of aromatic nitrogens is 1. The Morgan fingerprint density at radius 2 is 1.66 bits per heavy atom. The van der Waals surface area contributed by atoms with Crippen LogP contribution in [0.4, 0.5) is 5.69 Å². The highest BCUT2D eigenvalue weighted by atomic mass is 32.2. The fourth-order valence-corrected chi connectivity index (χ4v) is 9.83. The predicted molar refractivity (Wildman–Crippen MR) is 159 cm³/mol. The van der Waals surface area contributed by atoms with Crippen LogP contribution in [0.15, 0.2) is 77.8 Å². The van der Waals surface area contributed by atoms with E-state index in [0.717, 1.165) is 30.0 Å². The number of anilines is 1. The van der Waals surface area contributed by atoms with Crippen LogP contribution >= 0.6 is 11.8 Å². The van der Waals surface area contributed by atoms with E-state index in [1.807, 2.05) is 35.2 Å². The Hall–Kier alpha value is -4.74. The molecule has 1 fully saturated rings. The van der Waals surface area contributed by atoms with Crippen molar-refractivity contribution in [3.8, 4) is 0 Å². The first-order valence-corrected chi connectivity index (χ1v) is 15.0. The number of amides is 1. The van der Waals surface area contributed by atoms with Gasteiger partial charge in [0.15, 0.2) is 0 Å². The summed E-state index contributed by atoms with van der Waals surface area (Å²) in [6.07, 6.45) is 0.591. The Morgan fingerprint density at radius 1 is 0.932 bits per heavy atom.